The number of nitrogens with one attached hydrogen (secondary N) is 1. The molecule has 1 aliphatic heterocycles. The second-order valence-corrected chi connectivity index (χ2v) is 8.66. The highest BCUT2D eigenvalue weighted by atomic mass is 32.2. The summed E-state index contributed by atoms with van der Waals surface area (Å²) in [6.45, 7) is 5.39. The third-order valence-corrected chi connectivity index (χ3v) is 6.23. The Hall–Kier alpha value is -2.67. The summed E-state index contributed by atoms with van der Waals surface area (Å²) in [4.78, 5) is 27.6. The molecule has 0 unspecified atom stereocenters. The Morgan fingerprint density at radius 2 is 1.90 bits per heavy atom. The number of amides is 2. The molecule has 1 heterocycles. The van der Waals surface area contributed by atoms with Gasteiger partial charge in [-0.2, -0.15) is 0 Å². The topological polar surface area (TPSA) is 67.9 Å². The molecule has 0 fully saturated rings. The summed E-state index contributed by atoms with van der Waals surface area (Å²) in [5.41, 5.74) is 1.34. The number of carbonyl (C=O) groups is 2. The van der Waals surface area contributed by atoms with Gasteiger partial charge in [0.25, 0.3) is 0 Å². The van der Waals surface area contributed by atoms with Crippen LogP contribution >= 0.6 is 11.8 Å². The van der Waals surface area contributed by atoms with Gasteiger partial charge in [0.05, 0.1) is 30.8 Å². The largest absolute Gasteiger partial charge is 0.497 e. The molecule has 6 nitrogen and oxygen atoms in total. The Morgan fingerprint density at radius 1 is 1.17 bits per heavy atom. The number of hydrogen-bond acceptors (Lipinski definition) is 5. The van der Waals surface area contributed by atoms with E-state index in [1.54, 1.807) is 33.0 Å². The maximum atomic E-state index is 13.4. The van der Waals surface area contributed by atoms with Crippen LogP contribution < -0.4 is 19.7 Å². The van der Waals surface area contributed by atoms with E-state index >= 15 is 0 Å². The van der Waals surface area contributed by atoms with Crippen molar-refractivity contribution in [2.45, 2.75) is 37.3 Å². The smallest absolute Gasteiger partial charge is 0.250 e. The van der Waals surface area contributed by atoms with Crippen LogP contribution in [0.5, 0.6) is 11.5 Å². The quantitative estimate of drug-likeness (QED) is 0.771. The molecule has 3 rings (SSSR count). The molecule has 0 spiro atoms. The number of carbonyl (C=O) groups excluding carboxylic acids is 2. The molecule has 0 bridgehead atoms. The number of thioether (sulfide) groups is 1. The third-order valence-electron chi connectivity index (χ3n) is 5.05. The average Bonchev–Trinajstić information content (AvgIpc) is 2.72. The maximum absolute atomic E-state index is 13.4. The zero-order valence-corrected chi connectivity index (χ0v) is 18.1. The number of hydrogen-bond donors (Lipinski definition) is 1. The minimum atomic E-state index is -0.978. The van der Waals surface area contributed by atoms with E-state index in [9.17, 15) is 9.59 Å². The Morgan fingerprint density at radius 3 is 2.59 bits per heavy atom. The first kappa shape index (κ1) is 21.0. The van der Waals surface area contributed by atoms with Crippen molar-refractivity contribution < 1.29 is 19.1 Å². The summed E-state index contributed by atoms with van der Waals surface area (Å²) in [7, 11) is 3.24. The minimum Gasteiger partial charge on any atom is -0.497 e. The van der Waals surface area contributed by atoms with Crippen LogP contribution in [0, 0.1) is 0 Å². The first-order valence-corrected chi connectivity index (χ1v) is 10.4. The first-order valence-electron chi connectivity index (χ1n) is 9.36. The van der Waals surface area contributed by atoms with Gasteiger partial charge in [0.15, 0.2) is 0 Å². The van der Waals surface area contributed by atoms with E-state index in [0.717, 1.165) is 17.1 Å². The molecule has 0 aliphatic carbocycles. The van der Waals surface area contributed by atoms with Crippen molar-refractivity contribution >= 4 is 35.0 Å². The van der Waals surface area contributed by atoms with Gasteiger partial charge in [0, 0.05) is 11.3 Å². The average molecular weight is 415 g/mol. The van der Waals surface area contributed by atoms with Gasteiger partial charge in [-0.25, -0.2) is 0 Å². The summed E-state index contributed by atoms with van der Waals surface area (Å²) < 4.78 is 10.7. The van der Waals surface area contributed by atoms with Gasteiger partial charge >= 0.3 is 0 Å². The van der Waals surface area contributed by atoms with Gasteiger partial charge in [0.1, 0.15) is 17.0 Å². The molecule has 0 saturated carbocycles. The van der Waals surface area contributed by atoms with Gasteiger partial charge in [-0.1, -0.05) is 12.1 Å². The fraction of sp³-hybridized carbons (Fsp3) is 0.364. The normalized spacial score (nSPS) is 15.9. The summed E-state index contributed by atoms with van der Waals surface area (Å²) >= 11 is 1.50. The minimum absolute atomic E-state index is 0.107. The number of methoxy groups -OCH3 is 2. The van der Waals surface area contributed by atoms with Crippen molar-refractivity contribution in [3.8, 4) is 11.5 Å². The lowest BCUT2D eigenvalue weighted by molar-refractivity contribution is -0.126. The van der Waals surface area contributed by atoms with Crippen LogP contribution in [-0.4, -0.2) is 36.8 Å². The number of anilines is 2. The van der Waals surface area contributed by atoms with Crippen LogP contribution in [0.1, 0.15) is 26.3 Å². The molecule has 2 aromatic rings. The van der Waals surface area contributed by atoms with Crippen molar-refractivity contribution in [2.75, 3.05) is 24.4 Å². The van der Waals surface area contributed by atoms with E-state index in [0.29, 0.717) is 17.1 Å². The van der Waals surface area contributed by atoms with Crippen molar-refractivity contribution in [1.82, 2.24) is 0 Å². The second-order valence-electron chi connectivity index (χ2n) is 7.33. The van der Waals surface area contributed by atoms with Gasteiger partial charge in [0.2, 0.25) is 11.8 Å². The number of para-hydroxylation sites is 2. The Kier molecular flexibility index (Phi) is 6.07. The van der Waals surface area contributed by atoms with E-state index in [1.807, 2.05) is 49.4 Å². The molecule has 1 N–H and O–H groups in total. The third kappa shape index (κ3) is 4.05. The SMILES string of the molecule is COc1ccc(OC)c(CS[C@@H](C)C(=O)N2c3ccccc3NC(=O)C2(C)C)c1. The van der Waals surface area contributed by atoms with Crippen LogP contribution in [-0.2, 0) is 15.3 Å². The summed E-state index contributed by atoms with van der Waals surface area (Å²) in [6.07, 6.45) is 0. The summed E-state index contributed by atoms with van der Waals surface area (Å²) in [5.74, 6) is 1.76. The van der Waals surface area contributed by atoms with Crippen LogP contribution in [0.25, 0.3) is 0 Å². The highest BCUT2D eigenvalue weighted by Gasteiger charge is 2.44. The molecule has 1 atom stereocenters. The second kappa shape index (κ2) is 8.37. The number of fused-ring (bicyclic) bond motifs is 1. The molecule has 0 saturated heterocycles. The monoisotopic (exact) mass is 414 g/mol. The van der Waals surface area contributed by atoms with Crippen molar-refractivity contribution in [1.29, 1.82) is 0 Å². The van der Waals surface area contributed by atoms with Crippen molar-refractivity contribution in [2.24, 2.45) is 0 Å². The highest BCUT2D eigenvalue weighted by molar-refractivity contribution is 7.99. The lowest BCUT2D eigenvalue weighted by atomic mass is 9.96. The molecule has 29 heavy (non-hydrogen) atoms. The van der Waals surface area contributed by atoms with E-state index in [-0.39, 0.29) is 17.1 Å². The first-order chi connectivity index (χ1) is 13.8. The van der Waals surface area contributed by atoms with E-state index in [1.165, 1.54) is 11.8 Å². The van der Waals surface area contributed by atoms with Gasteiger partial charge in [-0.3, -0.25) is 14.5 Å². The van der Waals surface area contributed by atoms with E-state index in [4.69, 9.17) is 9.47 Å². The Balaban J connectivity index is 1.82. The molecule has 2 aromatic carbocycles. The Bertz CT molecular complexity index is 929. The van der Waals surface area contributed by atoms with Crippen LogP contribution in [0.15, 0.2) is 42.5 Å². The lowest BCUT2D eigenvalue weighted by Crippen LogP contribution is -2.60. The van der Waals surface area contributed by atoms with Crippen LogP contribution in [0.2, 0.25) is 0 Å². The number of benzene rings is 2. The zero-order valence-electron chi connectivity index (χ0n) is 17.3. The zero-order chi connectivity index (χ0) is 21.2. The molecule has 2 amide bonds. The molecule has 1 aliphatic rings. The summed E-state index contributed by atoms with van der Waals surface area (Å²) in [6, 6.07) is 13.0. The predicted octanol–water partition coefficient (Wildman–Crippen LogP) is 4.09. The van der Waals surface area contributed by atoms with Crippen LogP contribution in [0.4, 0.5) is 11.4 Å². The van der Waals surface area contributed by atoms with E-state index in [2.05, 4.69) is 5.32 Å². The molecule has 0 aromatic heterocycles. The molecular formula is C22H26N2O4S. The predicted molar refractivity (Wildman–Crippen MR) is 117 cm³/mol. The Labute approximate surface area is 175 Å². The van der Waals surface area contributed by atoms with Gasteiger partial charge in [-0.15, -0.1) is 11.8 Å². The number of ether oxygens (including phenoxy) is 2. The fourth-order valence-electron chi connectivity index (χ4n) is 3.31. The van der Waals surface area contributed by atoms with Gasteiger partial charge in [-0.05, 0) is 51.1 Å². The molecule has 7 heteroatoms. The van der Waals surface area contributed by atoms with Crippen molar-refractivity contribution in [3.05, 3.63) is 48.0 Å². The molecule has 154 valence electrons. The van der Waals surface area contributed by atoms with Crippen LogP contribution in [0.3, 0.4) is 0 Å². The number of nitrogens with zero attached hydrogens (tertiary/aromatic N) is 1. The number of rotatable bonds is 6. The highest BCUT2D eigenvalue weighted by Crippen LogP contribution is 2.38. The van der Waals surface area contributed by atoms with Crippen molar-refractivity contribution in [3.63, 3.8) is 0 Å². The standard InChI is InChI=1S/C22H26N2O4S/c1-14(29-13-15-12-16(27-4)10-11-19(15)28-5)20(25)24-18-9-7-6-8-17(18)23-21(26)22(24,2)3/h6-12,14H,13H2,1-5H3,(H,23,26)/t14-/m0/s1. The van der Waals surface area contributed by atoms with E-state index < -0.39 is 5.54 Å². The molecule has 0 radical (unpaired) electrons. The summed E-state index contributed by atoms with van der Waals surface area (Å²) in [5, 5.41) is 2.53. The molecular weight excluding hydrogens is 388 g/mol. The fourth-order valence-corrected chi connectivity index (χ4v) is 4.21. The van der Waals surface area contributed by atoms with Gasteiger partial charge < -0.3 is 14.8 Å². The lowest BCUT2D eigenvalue weighted by Gasteiger charge is -2.43. The maximum Gasteiger partial charge on any atom is 0.250 e.